The Labute approximate surface area is 113 Å². The standard InChI is InChI=1S/C13H12BrNO3/c1-2-8-6-11(16)15(7-8)10-5-3-4-9(12(10)14)13(17)18/h2-5,8H,1,6-7H2,(H,17,18). The summed E-state index contributed by atoms with van der Waals surface area (Å²) in [5.74, 6) is -0.906. The molecule has 5 heteroatoms. The van der Waals surface area contributed by atoms with Crippen LogP contribution in [-0.4, -0.2) is 23.5 Å². The molecule has 0 aromatic heterocycles. The third kappa shape index (κ3) is 2.18. The molecule has 94 valence electrons. The number of halogens is 1. The van der Waals surface area contributed by atoms with E-state index in [9.17, 15) is 9.59 Å². The van der Waals surface area contributed by atoms with Crippen LogP contribution in [0.15, 0.2) is 35.3 Å². The summed E-state index contributed by atoms with van der Waals surface area (Å²) in [6.45, 7) is 4.23. The Morgan fingerprint density at radius 3 is 2.83 bits per heavy atom. The highest BCUT2D eigenvalue weighted by atomic mass is 79.9. The molecule has 1 aliphatic rings. The zero-order chi connectivity index (χ0) is 13.3. The zero-order valence-electron chi connectivity index (χ0n) is 9.60. The molecule has 0 aliphatic carbocycles. The van der Waals surface area contributed by atoms with Gasteiger partial charge in [0.1, 0.15) is 0 Å². The number of rotatable bonds is 3. The van der Waals surface area contributed by atoms with Crippen LogP contribution in [0.25, 0.3) is 0 Å². The van der Waals surface area contributed by atoms with Gasteiger partial charge in [-0.05, 0) is 28.1 Å². The van der Waals surface area contributed by atoms with Crippen LogP contribution in [0.4, 0.5) is 5.69 Å². The van der Waals surface area contributed by atoms with Gasteiger partial charge in [-0.15, -0.1) is 6.58 Å². The second-order valence-corrected chi connectivity index (χ2v) is 4.94. The Morgan fingerprint density at radius 1 is 1.56 bits per heavy atom. The summed E-state index contributed by atoms with van der Waals surface area (Å²) in [5.41, 5.74) is 0.756. The Bertz CT molecular complexity index is 527. The average molecular weight is 310 g/mol. The van der Waals surface area contributed by atoms with Gasteiger partial charge in [0.25, 0.3) is 0 Å². The molecule has 0 saturated carbocycles. The lowest BCUT2D eigenvalue weighted by molar-refractivity contribution is -0.117. The fourth-order valence-electron chi connectivity index (χ4n) is 2.02. The number of hydrogen-bond donors (Lipinski definition) is 1. The van der Waals surface area contributed by atoms with Gasteiger partial charge in [0.2, 0.25) is 5.91 Å². The number of aromatic carboxylic acids is 1. The number of benzene rings is 1. The lowest BCUT2D eigenvalue weighted by Crippen LogP contribution is -2.25. The van der Waals surface area contributed by atoms with Crippen LogP contribution in [0.2, 0.25) is 0 Å². The fraction of sp³-hybridized carbons (Fsp3) is 0.231. The summed E-state index contributed by atoms with van der Waals surface area (Å²) in [6.07, 6.45) is 2.18. The van der Waals surface area contributed by atoms with Crippen LogP contribution < -0.4 is 4.90 Å². The maximum absolute atomic E-state index is 11.9. The van der Waals surface area contributed by atoms with Crippen molar-refractivity contribution < 1.29 is 14.7 Å². The molecule has 1 amide bonds. The minimum Gasteiger partial charge on any atom is -0.478 e. The number of carbonyl (C=O) groups is 2. The van der Waals surface area contributed by atoms with Crippen LogP contribution in [0.5, 0.6) is 0 Å². The number of nitrogens with zero attached hydrogens (tertiary/aromatic N) is 1. The molecule has 1 atom stereocenters. The average Bonchev–Trinajstić information content (AvgIpc) is 2.70. The second kappa shape index (κ2) is 4.94. The summed E-state index contributed by atoms with van der Waals surface area (Å²) < 4.78 is 0.440. The first-order chi connectivity index (χ1) is 8.54. The molecule has 0 spiro atoms. The van der Waals surface area contributed by atoms with Crippen molar-refractivity contribution in [2.75, 3.05) is 11.4 Å². The minimum atomic E-state index is -1.02. The molecular formula is C13H12BrNO3. The topological polar surface area (TPSA) is 57.6 Å². The number of carboxylic acids is 1. The van der Waals surface area contributed by atoms with Crippen molar-refractivity contribution in [3.05, 3.63) is 40.9 Å². The van der Waals surface area contributed by atoms with E-state index in [2.05, 4.69) is 22.5 Å². The van der Waals surface area contributed by atoms with Crippen molar-refractivity contribution >= 4 is 33.5 Å². The number of anilines is 1. The summed E-state index contributed by atoms with van der Waals surface area (Å²) in [4.78, 5) is 24.5. The molecular weight excluding hydrogens is 298 g/mol. The first-order valence-electron chi connectivity index (χ1n) is 5.49. The minimum absolute atomic E-state index is 0.0110. The summed E-state index contributed by atoms with van der Waals surface area (Å²) in [5, 5.41) is 9.05. The Hall–Kier alpha value is -1.62. The third-order valence-corrected chi connectivity index (χ3v) is 3.82. The molecule has 0 radical (unpaired) electrons. The first kappa shape index (κ1) is 12.8. The van der Waals surface area contributed by atoms with E-state index in [0.717, 1.165) is 0 Å². The SMILES string of the molecule is C=CC1CC(=O)N(c2cccc(C(=O)O)c2Br)C1. The lowest BCUT2D eigenvalue weighted by Gasteiger charge is -2.18. The molecule has 1 aromatic carbocycles. The molecule has 1 unspecified atom stereocenters. The Balaban J connectivity index is 2.40. The Morgan fingerprint density at radius 2 is 2.28 bits per heavy atom. The van der Waals surface area contributed by atoms with Crippen molar-refractivity contribution in [1.29, 1.82) is 0 Å². The maximum atomic E-state index is 11.9. The smallest absolute Gasteiger partial charge is 0.336 e. The predicted molar refractivity (Wildman–Crippen MR) is 71.8 cm³/mol. The number of amides is 1. The van der Waals surface area contributed by atoms with Crippen molar-refractivity contribution in [3.63, 3.8) is 0 Å². The lowest BCUT2D eigenvalue weighted by atomic mass is 10.1. The predicted octanol–water partition coefficient (Wildman–Crippen LogP) is 2.69. The zero-order valence-corrected chi connectivity index (χ0v) is 11.2. The van der Waals surface area contributed by atoms with Gasteiger partial charge < -0.3 is 10.0 Å². The van der Waals surface area contributed by atoms with E-state index >= 15 is 0 Å². The van der Waals surface area contributed by atoms with E-state index in [1.807, 2.05) is 0 Å². The van der Waals surface area contributed by atoms with Gasteiger partial charge in [-0.25, -0.2) is 4.79 Å². The van der Waals surface area contributed by atoms with Crippen LogP contribution >= 0.6 is 15.9 Å². The van der Waals surface area contributed by atoms with Crippen molar-refractivity contribution in [2.45, 2.75) is 6.42 Å². The second-order valence-electron chi connectivity index (χ2n) is 4.15. The van der Waals surface area contributed by atoms with E-state index in [-0.39, 0.29) is 17.4 Å². The van der Waals surface area contributed by atoms with Crippen molar-refractivity contribution in [2.24, 2.45) is 5.92 Å². The van der Waals surface area contributed by atoms with Crippen LogP contribution in [0, 0.1) is 5.92 Å². The molecule has 18 heavy (non-hydrogen) atoms. The van der Waals surface area contributed by atoms with E-state index in [0.29, 0.717) is 23.1 Å². The van der Waals surface area contributed by atoms with E-state index < -0.39 is 5.97 Å². The van der Waals surface area contributed by atoms with Crippen molar-refractivity contribution in [1.82, 2.24) is 0 Å². The number of carbonyl (C=O) groups excluding carboxylic acids is 1. The first-order valence-corrected chi connectivity index (χ1v) is 6.28. The molecule has 1 heterocycles. The highest BCUT2D eigenvalue weighted by Gasteiger charge is 2.30. The van der Waals surface area contributed by atoms with Crippen molar-refractivity contribution in [3.8, 4) is 0 Å². The largest absolute Gasteiger partial charge is 0.478 e. The normalized spacial score (nSPS) is 19.1. The maximum Gasteiger partial charge on any atom is 0.336 e. The molecule has 1 aliphatic heterocycles. The summed E-state index contributed by atoms with van der Waals surface area (Å²) in [7, 11) is 0. The Kier molecular flexibility index (Phi) is 3.52. The van der Waals surface area contributed by atoms with Gasteiger partial charge in [-0.3, -0.25) is 4.79 Å². The molecule has 1 fully saturated rings. The van der Waals surface area contributed by atoms with Crippen LogP contribution in [-0.2, 0) is 4.79 Å². The number of carboxylic acid groups (broad SMARTS) is 1. The van der Waals surface area contributed by atoms with E-state index in [1.165, 1.54) is 6.07 Å². The van der Waals surface area contributed by atoms with Gasteiger partial charge in [0.05, 0.1) is 15.7 Å². The van der Waals surface area contributed by atoms with Gasteiger partial charge in [-0.1, -0.05) is 12.1 Å². The van der Waals surface area contributed by atoms with E-state index in [4.69, 9.17) is 5.11 Å². The summed E-state index contributed by atoms with van der Waals surface area (Å²) in [6, 6.07) is 4.87. The third-order valence-electron chi connectivity index (χ3n) is 2.99. The molecule has 1 aromatic rings. The summed E-state index contributed by atoms with van der Waals surface area (Å²) >= 11 is 3.26. The van der Waals surface area contributed by atoms with Gasteiger partial charge in [-0.2, -0.15) is 0 Å². The molecule has 2 rings (SSSR count). The fourth-order valence-corrected chi connectivity index (χ4v) is 2.67. The molecule has 0 bridgehead atoms. The molecule has 4 nitrogen and oxygen atoms in total. The molecule has 1 saturated heterocycles. The monoisotopic (exact) mass is 309 g/mol. The highest BCUT2D eigenvalue weighted by Crippen LogP contribution is 2.34. The van der Waals surface area contributed by atoms with Gasteiger partial charge in [0.15, 0.2) is 0 Å². The highest BCUT2D eigenvalue weighted by molar-refractivity contribution is 9.10. The van der Waals surface area contributed by atoms with Gasteiger partial charge in [0, 0.05) is 18.9 Å². The van der Waals surface area contributed by atoms with Gasteiger partial charge >= 0.3 is 5.97 Å². The quantitative estimate of drug-likeness (QED) is 0.873. The van der Waals surface area contributed by atoms with Crippen LogP contribution in [0.3, 0.4) is 0 Å². The number of hydrogen-bond acceptors (Lipinski definition) is 2. The molecule has 1 N–H and O–H groups in total. The van der Waals surface area contributed by atoms with E-state index in [1.54, 1.807) is 23.1 Å². The van der Waals surface area contributed by atoms with Crippen LogP contribution in [0.1, 0.15) is 16.8 Å².